The smallest absolute Gasteiger partial charge is 0.334 e. The molecular weight excluding hydrogens is 464 g/mol. The van der Waals surface area contributed by atoms with Crippen LogP contribution in [0.3, 0.4) is 0 Å². The Morgan fingerprint density at radius 1 is 1.17 bits per heavy atom. The standard InChI is InChI=1S/C23H32O10.CH4O/c1-9-5-13-12(10(2)21(29)31-13)7-23(4)16(25)6-14(17(9)23)32-22-20(28)19(27)18(26)15(33-22)8-30-11(3)24;1-2/h9,12-15,17-20,22,26-28H,2,5-8H2,1,3-4H3;2H,1H3/t9-,12-,13-,14+,15-,17-,18-,19+,20-,22-,23-;/m1./s1. The van der Waals surface area contributed by atoms with Gasteiger partial charge in [-0.3, -0.25) is 9.59 Å². The Labute approximate surface area is 204 Å². The molecule has 4 N–H and O–H groups in total. The summed E-state index contributed by atoms with van der Waals surface area (Å²) >= 11 is 0. The number of carbonyl (C=O) groups excluding carboxylic acids is 3. The van der Waals surface area contributed by atoms with Crippen LogP contribution in [0.15, 0.2) is 12.2 Å². The quantitative estimate of drug-likeness (QED) is 0.289. The van der Waals surface area contributed by atoms with Crippen LogP contribution >= 0.6 is 0 Å². The van der Waals surface area contributed by atoms with Crippen molar-refractivity contribution in [3.63, 3.8) is 0 Å². The average molecular weight is 501 g/mol. The molecule has 2 saturated heterocycles. The van der Waals surface area contributed by atoms with E-state index in [-0.39, 0.29) is 42.7 Å². The number of aliphatic hydroxyl groups excluding tert-OH is 4. The molecule has 0 unspecified atom stereocenters. The van der Waals surface area contributed by atoms with E-state index in [0.29, 0.717) is 18.4 Å². The summed E-state index contributed by atoms with van der Waals surface area (Å²) in [5.74, 6) is -1.54. The molecule has 2 aliphatic carbocycles. The third-order valence-electron chi connectivity index (χ3n) is 7.87. The van der Waals surface area contributed by atoms with Crippen LogP contribution in [-0.4, -0.2) is 94.8 Å². The zero-order valence-electron chi connectivity index (χ0n) is 20.5. The SMILES string of the molecule is C=C1C(=O)O[C@@H]2C[C@@H](C)[C@@H]3[C@@H](O[C@@H]4O[C@H](COC(C)=O)[C@@H](O)[C@H](O)[C@H]4O)CC(=O)[C@@]3(C)C[C@H]12.CO. The van der Waals surface area contributed by atoms with E-state index in [9.17, 15) is 29.7 Å². The molecule has 2 aliphatic heterocycles. The molecule has 0 amide bonds. The molecule has 0 aromatic carbocycles. The molecule has 4 aliphatic rings. The third-order valence-corrected chi connectivity index (χ3v) is 7.87. The summed E-state index contributed by atoms with van der Waals surface area (Å²) in [6, 6.07) is 0. The van der Waals surface area contributed by atoms with Gasteiger partial charge in [-0.2, -0.15) is 0 Å². The van der Waals surface area contributed by atoms with E-state index < -0.39 is 54.2 Å². The number of rotatable bonds is 4. The van der Waals surface area contributed by atoms with Gasteiger partial charge in [0.2, 0.25) is 0 Å². The van der Waals surface area contributed by atoms with Crippen molar-refractivity contribution in [2.75, 3.05) is 13.7 Å². The number of ether oxygens (including phenoxy) is 4. The molecule has 2 saturated carbocycles. The highest BCUT2D eigenvalue weighted by Crippen LogP contribution is 2.56. The van der Waals surface area contributed by atoms with Gasteiger partial charge < -0.3 is 39.4 Å². The van der Waals surface area contributed by atoms with Crippen molar-refractivity contribution >= 4 is 17.7 Å². The fraction of sp³-hybridized carbons (Fsp3) is 0.792. The Morgan fingerprint density at radius 3 is 2.46 bits per heavy atom. The number of carbonyl (C=O) groups is 3. The lowest BCUT2D eigenvalue weighted by molar-refractivity contribution is -0.315. The first-order chi connectivity index (χ1) is 16.4. The number of aliphatic hydroxyl groups is 4. The van der Waals surface area contributed by atoms with E-state index in [4.69, 9.17) is 24.1 Å². The lowest BCUT2D eigenvalue weighted by Gasteiger charge is -2.42. The Kier molecular flexibility index (Phi) is 8.40. The number of hydrogen-bond acceptors (Lipinski definition) is 11. The fourth-order valence-corrected chi connectivity index (χ4v) is 6.16. The summed E-state index contributed by atoms with van der Waals surface area (Å²) in [6.07, 6.45) is -6.95. The van der Waals surface area contributed by atoms with Crippen LogP contribution in [0.5, 0.6) is 0 Å². The number of esters is 2. The van der Waals surface area contributed by atoms with Crippen molar-refractivity contribution in [3.05, 3.63) is 12.2 Å². The van der Waals surface area contributed by atoms with Gasteiger partial charge in [0.25, 0.3) is 0 Å². The maximum Gasteiger partial charge on any atom is 0.334 e. The van der Waals surface area contributed by atoms with Crippen LogP contribution < -0.4 is 0 Å². The first-order valence-electron chi connectivity index (χ1n) is 11.8. The van der Waals surface area contributed by atoms with Crippen molar-refractivity contribution < 1.29 is 53.8 Å². The average Bonchev–Trinajstić information content (AvgIpc) is 3.15. The minimum atomic E-state index is -1.58. The second-order valence-electron chi connectivity index (χ2n) is 10.1. The van der Waals surface area contributed by atoms with Gasteiger partial charge in [-0.1, -0.05) is 20.4 Å². The largest absolute Gasteiger partial charge is 0.463 e. The van der Waals surface area contributed by atoms with Gasteiger partial charge in [0.1, 0.15) is 42.9 Å². The first kappa shape index (κ1) is 27.7. The maximum atomic E-state index is 13.2. The molecule has 11 heteroatoms. The van der Waals surface area contributed by atoms with Crippen LogP contribution in [-0.2, 0) is 33.3 Å². The highest BCUT2D eigenvalue weighted by Gasteiger charge is 2.60. The van der Waals surface area contributed by atoms with Gasteiger partial charge in [0, 0.05) is 43.3 Å². The molecule has 0 aromatic rings. The van der Waals surface area contributed by atoms with Crippen LogP contribution in [0.25, 0.3) is 0 Å². The van der Waals surface area contributed by atoms with E-state index in [1.807, 2.05) is 13.8 Å². The number of Topliss-reactive ketones (excluding diaryl/α,β-unsaturated/α-hetero) is 1. The first-order valence-corrected chi connectivity index (χ1v) is 11.8. The highest BCUT2D eigenvalue weighted by molar-refractivity contribution is 5.92. The molecule has 198 valence electrons. The van der Waals surface area contributed by atoms with Crippen molar-refractivity contribution in [1.82, 2.24) is 0 Å². The molecular formula is C24H36O11. The number of hydrogen-bond donors (Lipinski definition) is 4. The molecule has 0 radical (unpaired) electrons. The predicted molar refractivity (Wildman–Crippen MR) is 118 cm³/mol. The molecule has 0 bridgehead atoms. The fourth-order valence-electron chi connectivity index (χ4n) is 6.16. The van der Waals surface area contributed by atoms with Gasteiger partial charge in [0.05, 0.1) is 6.10 Å². The highest BCUT2D eigenvalue weighted by atomic mass is 16.7. The minimum Gasteiger partial charge on any atom is -0.463 e. The summed E-state index contributed by atoms with van der Waals surface area (Å²) in [7, 11) is 1.00. The van der Waals surface area contributed by atoms with Crippen molar-refractivity contribution in [3.8, 4) is 0 Å². The van der Waals surface area contributed by atoms with E-state index in [1.165, 1.54) is 6.92 Å². The van der Waals surface area contributed by atoms with Gasteiger partial charge in [-0.05, 0) is 18.8 Å². The zero-order valence-corrected chi connectivity index (χ0v) is 20.5. The molecule has 35 heavy (non-hydrogen) atoms. The Balaban J connectivity index is 0.00000167. The molecule has 11 nitrogen and oxygen atoms in total. The predicted octanol–water partition coefficient (Wildman–Crippen LogP) is -0.526. The molecule has 11 atom stereocenters. The van der Waals surface area contributed by atoms with Gasteiger partial charge >= 0.3 is 11.9 Å². The second kappa shape index (κ2) is 10.6. The van der Waals surface area contributed by atoms with Crippen molar-refractivity contribution in [2.45, 2.75) is 82.9 Å². The molecule has 4 rings (SSSR count). The zero-order chi connectivity index (χ0) is 26.2. The van der Waals surface area contributed by atoms with Crippen molar-refractivity contribution in [1.29, 1.82) is 0 Å². The Bertz CT molecular complexity index is 843. The topological polar surface area (TPSA) is 169 Å². The van der Waals surface area contributed by atoms with Crippen LogP contribution in [0.2, 0.25) is 0 Å². The summed E-state index contributed by atoms with van der Waals surface area (Å²) in [4.78, 5) is 36.4. The molecule has 0 spiro atoms. The summed E-state index contributed by atoms with van der Waals surface area (Å²) in [5, 5.41) is 38.0. The Morgan fingerprint density at radius 2 is 1.83 bits per heavy atom. The lowest BCUT2D eigenvalue weighted by atomic mass is 9.69. The van der Waals surface area contributed by atoms with Crippen LogP contribution in [0.4, 0.5) is 0 Å². The number of fused-ring (bicyclic) bond motifs is 2. The van der Waals surface area contributed by atoms with E-state index >= 15 is 0 Å². The maximum absolute atomic E-state index is 13.2. The molecule has 4 fully saturated rings. The van der Waals surface area contributed by atoms with Crippen LogP contribution in [0.1, 0.15) is 40.0 Å². The lowest BCUT2D eigenvalue weighted by Crippen LogP contribution is -2.60. The van der Waals surface area contributed by atoms with E-state index in [2.05, 4.69) is 6.58 Å². The molecule has 2 heterocycles. The number of ketones is 1. The van der Waals surface area contributed by atoms with E-state index in [0.717, 1.165) is 7.11 Å². The van der Waals surface area contributed by atoms with Gasteiger partial charge in [0.15, 0.2) is 6.29 Å². The Hall–Kier alpha value is -1.89. The van der Waals surface area contributed by atoms with Crippen molar-refractivity contribution in [2.24, 2.45) is 23.2 Å². The van der Waals surface area contributed by atoms with Gasteiger partial charge in [-0.25, -0.2) is 4.79 Å². The summed E-state index contributed by atoms with van der Waals surface area (Å²) < 4.78 is 22.1. The van der Waals surface area contributed by atoms with E-state index in [1.54, 1.807) is 0 Å². The monoisotopic (exact) mass is 500 g/mol. The summed E-state index contributed by atoms with van der Waals surface area (Å²) in [5.41, 5.74) is -0.391. The van der Waals surface area contributed by atoms with Gasteiger partial charge in [-0.15, -0.1) is 0 Å². The minimum absolute atomic E-state index is 0.0144. The second-order valence-corrected chi connectivity index (χ2v) is 10.1. The summed E-state index contributed by atoms with van der Waals surface area (Å²) in [6.45, 7) is 8.61. The molecule has 0 aromatic heterocycles. The third kappa shape index (κ3) is 5.03. The van der Waals surface area contributed by atoms with Crippen LogP contribution in [0, 0.1) is 23.2 Å². The normalized spacial score (nSPS) is 45.0.